The van der Waals surface area contributed by atoms with Crippen LogP contribution in [0.4, 0.5) is 0 Å². The molecule has 0 aliphatic rings. The predicted octanol–water partition coefficient (Wildman–Crippen LogP) is 3.56. The first kappa shape index (κ1) is 19.2. The van der Waals surface area contributed by atoms with E-state index in [1.807, 2.05) is 42.5 Å². The highest BCUT2D eigenvalue weighted by Crippen LogP contribution is 2.38. The van der Waals surface area contributed by atoms with Crippen LogP contribution in [0.2, 0.25) is 0 Å². The van der Waals surface area contributed by atoms with Crippen LogP contribution in [0.1, 0.15) is 11.1 Å². The molecule has 1 amide bonds. The Hall–Kier alpha value is -3.54. The number of hydrazone groups is 1. The quantitative estimate of drug-likeness (QED) is 0.504. The van der Waals surface area contributed by atoms with Crippen LogP contribution >= 0.6 is 0 Å². The van der Waals surface area contributed by atoms with E-state index in [9.17, 15) is 4.79 Å². The van der Waals surface area contributed by atoms with Crippen LogP contribution in [0.5, 0.6) is 17.2 Å². The molecule has 1 N–H and O–H groups in total. The van der Waals surface area contributed by atoms with Gasteiger partial charge in [0.15, 0.2) is 11.5 Å². The summed E-state index contributed by atoms with van der Waals surface area (Å²) in [5, 5.41) is 6.22. The highest BCUT2D eigenvalue weighted by atomic mass is 16.5. The Labute approximate surface area is 163 Å². The predicted molar refractivity (Wildman–Crippen MR) is 109 cm³/mol. The first-order valence-electron chi connectivity index (χ1n) is 8.75. The Morgan fingerprint density at radius 1 is 0.929 bits per heavy atom. The SMILES string of the molecule is COc1ccc(/C=N/NC(=O)Cc2cccc3ccccc23)c(OC)c1OC. The molecule has 0 aliphatic heterocycles. The van der Waals surface area contributed by atoms with Crippen molar-refractivity contribution in [3.05, 3.63) is 65.7 Å². The van der Waals surface area contributed by atoms with Crippen molar-refractivity contribution in [3.8, 4) is 17.2 Å². The minimum absolute atomic E-state index is 0.202. The van der Waals surface area contributed by atoms with Crippen molar-refractivity contribution < 1.29 is 19.0 Å². The first-order chi connectivity index (χ1) is 13.7. The van der Waals surface area contributed by atoms with Crippen molar-refractivity contribution >= 4 is 22.9 Å². The van der Waals surface area contributed by atoms with Gasteiger partial charge in [-0.25, -0.2) is 5.43 Å². The summed E-state index contributed by atoms with van der Waals surface area (Å²) in [4.78, 5) is 12.3. The zero-order valence-corrected chi connectivity index (χ0v) is 16.1. The van der Waals surface area contributed by atoms with Crippen LogP contribution < -0.4 is 19.6 Å². The molecule has 0 saturated heterocycles. The summed E-state index contributed by atoms with van der Waals surface area (Å²) in [6, 6.07) is 17.4. The Bertz CT molecular complexity index is 1010. The number of amides is 1. The minimum Gasteiger partial charge on any atom is -0.493 e. The average molecular weight is 378 g/mol. The molecule has 6 heteroatoms. The average Bonchev–Trinajstić information content (AvgIpc) is 2.73. The van der Waals surface area contributed by atoms with Gasteiger partial charge in [-0.3, -0.25) is 4.79 Å². The molecule has 3 rings (SSSR count). The highest BCUT2D eigenvalue weighted by Gasteiger charge is 2.14. The number of benzene rings is 3. The molecule has 0 atom stereocenters. The van der Waals surface area contributed by atoms with E-state index in [1.54, 1.807) is 19.2 Å². The molecule has 3 aromatic carbocycles. The third-order valence-corrected chi connectivity index (χ3v) is 4.36. The standard InChI is InChI=1S/C22H22N2O4/c1-26-19-12-11-17(21(27-2)22(19)28-3)14-23-24-20(25)13-16-9-6-8-15-7-4-5-10-18(15)16/h4-12,14H,13H2,1-3H3,(H,24,25)/b23-14+. The molecule has 0 saturated carbocycles. The van der Waals surface area contributed by atoms with E-state index >= 15 is 0 Å². The second-order valence-electron chi connectivity index (χ2n) is 6.03. The number of carbonyl (C=O) groups excluding carboxylic acids is 1. The van der Waals surface area contributed by atoms with Gasteiger partial charge in [0, 0.05) is 5.56 Å². The molecule has 6 nitrogen and oxygen atoms in total. The number of nitrogens with one attached hydrogen (secondary N) is 1. The van der Waals surface area contributed by atoms with E-state index in [1.165, 1.54) is 20.4 Å². The number of ether oxygens (including phenoxy) is 3. The largest absolute Gasteiger partial charge is 0.493 e. The van der Waals surface area contributed by atoms with Crippen LogP contribution in [-0.2, 0) is 11.2 Å². The molecule has 0 heterocycles. The third-order valence-electron chi connectivity index (χ3n) is 4.36. The van der Waals surface area contributed by atoms with E-state index in [0.29, 0.717) is 22.8 Å². The monoisotopic (exact) mass is 378 g/mol. The number of hydrogen-bond acceptors (Lipinski definition) is 5. The van der Waals surface area contributed by atoms with Crippen LogP contribution in [0, 0.1) is 0 Å². The van der Waals surface area contributed by atoms with Crippen molar-refractivity contribution in [1.29, 1.82) is 0 Å². The Morgan fingerprint density at radius 2 is 1.68 bits per heavy atom. The smallest absolute Gasteiger partial charge is 0.244 e. The summed E-state index contributed by atoms with van der Waals surface area (Å²) >= 11 is 0. The number of hydrogen-bond donors (Lipinski definition) is 1. The van der Waals surface area contributed by atoms with Crippen LogP contribution in [0.25, 0.3) is 10.8 Å². The molecule has 0 aliphatic carbocycles. The lowest BCUT2D eigenvalue weighted by molar-refractivity contribution is -0.120. The maximum Gasteiger partial charge on any atom is 0.244 e. The van der Waals surface area contributed by atoms with E-state index in [0.717, 1.165) is 16.3 Å². The molecule has 0 spiro atoms. The summed E-state index contributed by atoms with van der Waals surface area (Å²) in [5.41, 5.74) is 4.18. The van der Waals surface area contributed by atoms with Crippen molar-refractivity contribution in [1.82, 2.24) is 5.43 Å². The summed E-state index contributed by atoms with van der Waals surface area (Å²) < 4.78 is 16.0. The van der Waals surface area contributed by atoms with Crippen LogP contribution in [0.3, 0.4) is 0 Å². The zero-order valence-electron chi connectivity index (χ0n) is 16.1. The molecule has 0 radical (unpaired) electrons. The molecular formula is C22H22N2O4. The molecule has 0 aromatic heterocycles. The van der Waals surface area contributed by atoms with Gasteiger partial charge in [0.25, 0.3) is 0 Å². The number of fused-ring (bicyclic) bond motifs is 1. The normalized spacial score (nSPS) is 10.8. The van der Waals surface area contributed by atoms with E-state index in [4.69, 9.17) is 14.2 Å². The second kappa shape index (κ2) is 8.90. The second-order valence-corrected chi connectivity index (χ2v) is 6.03. The van der Waals surface area contributed by atoms with Crippen molar-refractivity contribution in [2.45, 2.75) is 6.42 Å². The fourth-order valence-corrected chi connectivity index (χ4v) is 3.06. The highest BCUT2D eigenvalue weighted by molar-refractivity contribution is 5.91. The maximum atomic E-state index is 12.3. The maximum absolute atomic E-state index is 12.3. The van der Waals surface area contributed by atoms with Crippen molar-refractivity contribution in [2.24, 2.45) is 5.10 Å². The van der Waals surface area contributed by atoms with Gasteiger partial charge >= 0.3 is 0 Å². The molecule has 144 valence electrons. The van der Waals surface area contributed by atoms with Gasteiger partial charge in [-0.1, -0.05) is 42.5 Å². The molecule has 3 aromatic rings. The summed E-state index contributed by atoms with van der Waals surface area (Å²) in [7, 11) is 4.62. The van der Waals surface area contributed by atoms with E-state index in [-0.39, 0.29) is 12.3 Å². The van der Waals surface area contributed by atoms with E-state index in [2.05, 4.69) is 10.5 Å². The topological polar surface area (TPSA) is 69.2 Å². The minimum atomic E-state index is -0.202. The number of rotatable bonds is 7. The first-order valence-corrected chi connectivity index (χ1v) is 8.75. The molecule has 0 unspecified atom stereocenters. The third kappa shape index (κ3) is 4.06. The fraction of sp³-hybridized carbons (Fsp3) is 0.182. The number of methoxy groups -OCH3 is 3. The lowest BCUT2D eigenvalue weighted by atomic mass is 10.0. The van der Waals surface area contributed by atoms with Gasteiger partial charge in [0.05, 0.1) is 34.0 Å². The lowest BCUT2D eigenvalue weighted by Gasteiger charge is -2.13. The Balaban J connectivity index is 1.73. The zero-order chi connectivity index (χ0) is 19.9. The lowest BCUT2D eigenvalue weighted by Crippen LogP contribution is -2.20. The van der Waals surface area contributed by atoms with Gasteiger partial charge in [-0.05, 0) is 28.5 Å². The fourth-order valence-electron chi connectivity index (χ4n) is 3.06. The van der Waals surface area contributed by atoms with Gasteiger partial charge in [0.1, 0.15) is 0 Å². The van der Waals surface area contributed by atoms with E-state index < -0.39 is 0 Å². The number of nitrogens with zero attached hydrogens (tertiary/aromatic N) is 1. The van der Waals surface area contributed by atoms with Gasteiger partial charge < -0.3 is 14.2 Å². The van der Waals surface area contributed by atoms with Crippen molar-refractivity contribution in [3.63, 3.8) is 0 Å². The molecule has 0 fully saturated rings. The van der Waals surface area contributed by atoms with Crippen LogP contribution in [0.15, 0.2) is 59.7 Å². The van der Waals surface area contributed by atoms with Gasteiger partial charge in [-0.2, -0.15) is 5.10 Å². The molecular weight excluding hydrogens is 356 g/mol. The van der Waals surface area contributed by atoms with Crippen LogP contribution in [-0.4, -0.2) is 33.5 Å². The Morgan fingerprint density at radius 3 is 2.43 bits per heavy atom. The van der Waals surface area contributed by atoms with Gasteiger partial charge in [-0.15, -0.1) is 0 Å². The number of carbonyl (C=O) groups is 1. The van der Waals surface area contributed by atoms with Crippen molar-refractivity contribution in [2.75, 3.05) is 21.3 Å². The molecule has 0 bridgehead atoms. The van der Waals surface area contributed by atoms with Gasteiger partial charge in [0.2, 0.25) is 11.7 Å². The summed E-state index contributed by atoms with van der Waals surface area (Å²) in [5.74, 6) is 1.30. The summed E-state index contributed by atoms with van der Waals surface area (Å²) in [6.45, 7) is 0. The Kier molecular flexibility index (Phi) is 6.11. The molecule has 28 heavy (non-hydrogen) atoms. The summed E-state index contributed by atoms with van der Waals surface area (Å²) in [6.07, 6.45) is 1.75.